The van der Waals surface area contributed by atoms with Gasteiger partial charge in [-0.3, -0.25) is 9.47 Å². The van der Waals surface area contributed by atoms with Gasteiger partial charge in [-0.1, -0.05) is 11.6 Å². The smallest absolute Gasteiger partial charge is 0.251 e. The molecule has 1 saturated heterocycles. The van der Waals surface area contributed by atoms with Gasteiger partial charge in [-0.05, 0) is 56.4 Å². The highest BCUT2D eigenvalue weighted by atomic mass is 35.5. The minimum absolute atomic E-state index is 0.147. The lowest BCUT2D eigenvalue weighted by molar-refractivity contribution is -0.169. The van der Waals surface area contributed by atoms with Crippen molar-refractivity contribution in [2.75, 3.05) is 24.5 Å². The Labute approximate surface area is 223 Å². The Morgan fingerprint density at radius 3 is 2.58 bits per heavy atom. The average molecular weight is 542 g/mol. The molecule has 0 N–H and O–H groups in total. The summed E-state index contributed by atoms with van der Waals surface area (Å²) in [4.78, 5) is 8.37. The molecule has 7 nitrogen and oxygen atoms in total. The molecule has 0 aromatic carbocycles. The monoisotopic (exact) mass is 541 g/mol. The minimum atomic E-state index is -2.62. The number of anilines is 1. The molecule has 3 aliphatic carbocycles. The van der Waals surface area contributed by atoms with E-state index in [-0.39, 0.29) is 29.9 Å². The SMILES string of the molecule is CC1(N2CC3=C(CCC(Cl)=C3)n3c(nnc3C3CC4(C3)CN(c3ccc(F)c(C#N)n3)C4)C2)CC(F)(F)C1. The van der Waals surface area contributed by atoms with Crippen LogP contribution in [0.2, 0.25) is 0 Å². The molecule has 2 saturated carbocycles. The lowest BCUT2D eigenvalue weighted by atomic mass is 9.57. The summed E-state index contributed by atoms with van der Waals surface area (Å²) < 4.78 is 43.7. The molecule has 38 heavy (non-hydrogen) atoms. The molecule has 0 amide bonds. The van der Waals surface area contributed by atoms with Gasteiger partial charge in [-0.25, -0.2) is 18.2 Å². The maximum Gasteiger partial charge on any atom is 0.251 e. The first kappa shape index (κ1) is 24.2. The van der Waals surface area contributed by atoms with Crippen LogP contribution in [-0.2, 0) is 6.54 Å². The molecule has 198 valence electrons. The summed E-state index contributed by atoms with van der Waals surface area (Å²) in [7, 11) is 0. The summed E-state index contributed by atoms with van der Waals surface area (Å²) in [5.74, 6) is -0.588. The number of nitriles is 1. The number of pyridine rings is 1. The summed E-state index contributed by atoms with van der Waals surface area (Å²) in [6.45, 7) is 4.57. The van der Waals surface area contributed by atoms with E-state index in [2.05, 4.69) is 29.5 Å². The summed E-state index contributed by atoms with van der Waals surface area (Å²) in [6.07, 6.45) is 5.13. The van der Waals surface area contributed by atoms with Gasteiger partial charge in [0.2, 0.25) is 0 Å². The fourth-order valence-electron chi connectivity index (χ4n) is 7.26. The van der Waals surface area contributed by atoms with Crippen LogP contribution in [0.5, 0.6) is 0 Å². The van der Waals surface area contributed by atoms with Crippen molar-refractivity contribution in [1.82, 2.24) is 24.6 Å². The van der Waals surface area contributed by atoms with Crippen LogP contribution < -0.4 is 4.90 Å². The van der Waals surface area contributed by atoms with Crippen molar-refractivity contribution in [2.45, 2.75) is 69.4 Å². The molecule has 11 heteroatoms. The third-order valence-corrected chi connectivity index (χ3v) is 9.40. The zero-order chi connectivity index (χ0) is 26.4. The second-order valence-corrected chi connectivity index (χ2v) is 12.5. The molecule has 3 fully saturated rings. The first-order valence-electron chi connectivity index (χ1n) is 13.0. The summed E-state index contributed by atoms with van der Waals surface area (Å²) in [5.41, 5.74) is 1.58. The van der Waals surface area contributed by atoms with Gasteiger partial charge in [-0.2, -0.15) is 5.26 Å². The number of aromatic nitrogens is 4. The Balaban J connectivity index is 1.12. The van der Waals surface area contributed by atoms with Gasteiger partial charge in [0, 0.05) is 60.1 Å². The van der Waals surface area contributed by atoms with Gasteiger partial charge in [0.25, 0.3) is 5.92 Å². The van der Waals surface area contributed by atoms with Crippen LogP contribution in [0.15, 0.2) is 28.8 Å². The maximum atomic E-state index is 13.9. The lowest BCUT2D eigenvalue weighted by Gasteiger charge is -2.59. The van der Waals surface area contributed by atoms with E-state index in [0.29, 0.717) is 18.9 Å². The van der Waals surface area contributed by atoms with Crippen molar-refractivity contribution >= 4 is 23.1 Å². The number of hydrogen-bond donors (Lipinski definition) is 0. The highest BCUT2D eigenvalue weighted by Crippen LogP contribution is 2.57. The molecule has 0 unspecified atom stereocenters. The largest absolute Gasteiger partial charge is 0.355 e. The fraction of sp³-hybridized carbons (Fsp3) is 0.556. The Kier molecular flexibility index (Phi) is 5.12. The average Bonchev–Trinajstić information content (AvgIpc) is 3.11. The van der Waals surface area contributed by atoms with Gasteiger partial charge in [0.05, 0.1) is 6.54 Å². The number of fused-ring (bicyclic) bond motifs is 2. The van der Waals surface area contributed by atoms with E-state index in [1.165, 1.54) is 6.07 Å². The van der Waals surface area contributed by atoms with E-state index in [1.807, 2.05) is 19.1 Å². The topological polar surface area (TPSA) is 73.9 Å². The van der Waals surface area contributed by atoms with Gasteiger partial charge < -0.3 is 4.90 Å². The molecule has 0 radical (unpaired) electrons. The Morgan fingerprint density at radius 2 is 1.87 bits per heavy atom. The van der Waals surface area contributed by atoms with Crippen LogP contribution >= 0.6 is 11.6 Å². The van der Waals surface area contributed by atoms with Crippen molar-refractivity contribution in [1.29, 1.82) is 5.26 Å². The predicted molar refractivity (Wildman–Crippen MR) is 135 cm³/mol. The zero-order valence-electron chi connectivity index (χ0n) is 21.0. The van der Waals surface area contributed by atoms with E-state index in [0.717, 1.165) is 66.7 Å². The highest BCUT2D eigenvalue weighted by molar-refractivity contribution is 6.30. The second-order valence-electron chi connectivity index (χ2n) is 12.0. The van der Waals surface area contributed by atoms with E-state index in [1.54, 1.807) is 6.07 Å². The second kappa shape index (κ2) is 8.06. The molecule has 1 spiro atoms. The highest BCUT2D eigenvalue weighted by Gasteiger charge is 2.58. The molecule has 2 aliphatic heterocycles. The molecule has 7 rings (SSSR count). The van der Waals surface area contributed by atoms with Crippen molar-refractivity contribution in [3.63, 3.8) is 0 Å². The summed E-state index contributed by atoms with van der Waals surface area (Å²) >= 11 is 6.44. The van der Waals surface area contributed by atoms with Crippen LogP contribution in [0.1, 0.15) is 68.7 Å². The fourth-order valence-corrected chi connectivity index (χ4v) is 7.49. The molecule has 0 bridgehead atoms. The lowest BCUT2D eigenvalue weighted by Crippen LogP contribution is -2.62. The van der Waals surface area contributed by atoms with Crippen molar-refractivity contribution in [3.05, 3.63) is 52.0 Å². The van der Waals surface area contributed by atoms with E-state index in [4.69, 9.17) is 16.9 Å². The van der Waals surface area contributed by atoms with Crippen LogP contribution in [0, 0.1) is 22.6 Å². The zero-order valence-corrected chi connectivity index (χ0v) is 21.8. The molecule has 0 atom stereocenters. The molecule has 5 aliphatic rings. The molecular formula is C27H27ClF3N7. The van der Waals surface area contributed by atoms with Crippen molar-refractivity contribution in [3.8, 4) is 6.07 Å². The van der Waals surface area contributed by atoms with Gasteiger partial charge >= 0.3 is 0 Å². The number of nitrogens with zero attached hydrogens (tertiary/aromatic N) is 7. The molecule has 2 aromatic rings. The third kappa shape index (κ3) is 3.69. The third-order valence-electron chi connectivity index (χ3n) is 9.10. The number of hydrogen-bond acceptors (Lipinski definition) is 6. The Morgan fingerprint density at radius 1 is 1.11 bits per heavy atom. The predicted octanol–water partition coefficient (Wildman–Crippen LogP) is 5.20. The minimum Gasteiger partial charge on any atom is -0.355 e. The number of rotatable bonds is 3. The number of allylic oxidation sites excluding steroid dienone is 2. The normalized spacial score (nSPS) is 25.4. The summed E-state index contributed by atoms with van der Waals surface area (Å²) in [5, 5.41) is 19.1. The van der Waals surface area contributed by atoms with Gasteiger partial charge in [0.1, 0.15) is 17.7 Å². The maximum absolute atomic E-state index is 13.9. The van der Waals surface area contributed by atoms with E-state index in [9.17, 15) is 13.2 Å². The molecule has 2 aromatic heterocycles. The Hall–Kier alpha value is -2.90. The van der Waals surface area contributed by atoms with Crippen LogP contribution in [-0.4, -0.2) is 55.7 Å². The summed E-state index contributed by atoms with van der Waals surface area (Å²) in [6, 6.07) is 4.73. The first-order valence-corrected chi connectivity index (χ1v) is 13.4. The first-order chi connectivity index (χ1) is 18.1. The van der Waals surface area contributed by atoms with Crippen LogP contribution in [0.3, 0.4) is 0 Å². The van der Waals surface area contributed by atoms with Crippen LogP contribution in [0.25, 0.3) is 5.70 Å². The molecular weight excluding hydrogens is 515 g/mol. The van der Waals surface area contributed by atoms with Gasteiger partial charge in [0.15, 0.2) is 17.3 Å². The van der Waals surface area contributed by atoms with Crippen molar-refractivity contribution < 1.29 is 13.2 Å². The van der Waals surface area contributed by atoms with Crippen molar-refractivity contribution in [2.24, 2.45) is 5.41 Å². The molecule has 4 heterocycles. The number of alkyl halides is 2. The van der Waals surface area contributed by atoms with E-state index < -0.39 is 17.3 Å². The standard InChI is InChI=1S/C27H27ClF3N7/c1-25(12-27(30,31)13-25)37-10-16-6-18(28)2-4-21(16)38-23(11-37)34-35-24(38)17-7-26(8-17)14-36(15-26)22-5-3-19(29)20(9-32)33-22/h3,5-6,17H,2,4,7-8,10-15H2,1H3. The Bertz CT molecular complexity index is 1430. The quantitative estimate of drug-likeness (QED) is 0.532. The number of halogens is 4. The van der Waals surface area contributed by atoms with Crippen LogP contribution in [0.4, 0.5) is 19.0 Å². The van der Waals surface area contributed by atoms with E-state index >= 15 is 0 Å². The van der Waals surface area contributed by atoms with Gasteiger partial charge in [-0.15, -0.1) is 10.2 Å².